The van der Waals surface area contributed by atoms with Crippen molar-refractivity contribution in [2.24, 2.45) is 17.8 Å². The van der Waals surface area contributed by atoms with Crippen LogP contribution in [-0.4, -0.2) is 71.9 Å². The van der Waals surface area contributed by atoms with Gasteiger partial charge in [0.05, 0.1) is 25.9 Å². The number of amides is 1. The maximum Gasteiger partial charge on any atom is 0.316 e. The van der Waals surface area contributed by atoms with Gasteiger partial charge < -0.3 is 29.4 Å². The van der Waals surface area contributed by atoms with Crippen molar-refractivity contribution in [1.29, 1.82) is 0 Å². The minimum absolute atomic E-state index is 0.0682. The Labute approximate surface area is 209 Å². The van der Waals surface area contributed by atoms with Gasteiger partial charge in [0, 0.05) is 18.3 Å². The average molecular weight is 504 g/mol. The number of hydrogen-bond acceptors (Lipinski definition) is 9. The normalized spacial score (nSPS) is 40.8. The summed E-state index contributed by atoms with van der Waals surface area (Å²) in [6.07, 6.45) is 3.03. The molecule has 0 aromatic carbocycles. The van der Waals surface area contributed by atoms with E-state index in [1.165, 1.54) is 13.2 Å². The Balaban J connectivity index is 1.63. The van der Waals surface area contributed by atoms with E-state index in [9.17, 15) is 24.3 Å². The van der Waals surface area contributed by atoms with Crippen LogP contribution in [0.4, 0.5) is 0 Å². The van der Waals surface area contributed by atoms with Gasteiger partial charge in [-0.15, -0.1) is 0 Å². The highest BCUT2D eigenvalue weighted by atomic mass is 16.8. The number of hydrogen-bond donors (Lipinski definition) is 2. The number of esters is 1. The van der Waals surface area contributed by atoms with Crippen molar-refractivity contribution in [3.05, 3.63) is 35.1 Å². The molecule has 4 rings (SSSR count). The van der Waals surface area contributed by atoms with Crippen molar-refractivity contribution in [1.82, 2.24) is 5.32 Å². The molecule has 0 saturated carbocycles. The summed E-state index contributed by atoms with van der Waals surface area (Å²) in [5.41, 5.74) is -0.676. The van der Waals surface area contributed by atoms with Gasteiger partial charge in [-0.1, -0.05) is 31.6 Å². The predicted octanol–water partition coefficient (Wildman–Crippen LogP) is 1.69. The second kappa shape index (κ2) is 9.24. The minimum Gasteiger partial charge on any atom is -0.507 e. The number of rotatable bonds is 5. The SMILES string of the molecule is COC(=O)[C@H]1[C@@H](C)O[C@@]2(C)CC(=O)C3O[C@]12O[C@H]([C@H](C)/C=C(C)/C=C/C(O)=C1C(=O)CNC1=O)C3C. The van der Waals surface area contributed by atoms with E-state index in [0.717, 1.165) is 5.57 Å². The van der Waals surface area contributed by atoms with Crippen LogP contribution in [-0.2, 0) is 38.1 Å². The third kappa shape index (κ3) is 4.01. The highest BCUT2D eigenvalue weighted by Crippen LogP contribution is 2.57. The number of aliphatic hydroxyl groups is 1. The van der Waals surface area contributed by atoms with E-state index >= 15 is 0 Å². The lowest BCUT2D eigenvalue weighted by Crippen LogP contribution is -2.71. The van der Waals surface area contributed by atoms with Crippen LogP contribution in [0.25, 0.3) is 0 Å². The lowest BCUT2D eigenvalue weighted by atomic mass is 9.73. The Morgan fingerprint density at radius 2 is 1.89 bits per heavy atom. The number of aliphatic hydroxyl groups excluding tert-OH is 1. The molecule has 10 nitrogen and oxygen atoms in total. The zero-order valence-electron chi connectivity index (χ0n) is 21.3. The monoisotopic (exact) mass is 503 g/mol. The molecule has 0 aliphatic carbocycles. The number of fused-ring (bicyclic) bond motifs is 1. The van der Waals surface area contributed by atoms with Crippen LogP contribution in [0.2, 0.25) is 0 Å². The van der Waals surface area contributed by atoms with Crippen LogP contribution in [0.1, 0.15) is 41.0 Å². The Morgan fingerprint density at radius 1 is 1.19 bits per heavy atom. The molecule has 4 fully saturated rings. The fourth-order valence-electron chi connectivity index (χ4n) is 6.00. The van der Waals surface area contributed by atoms with Gasteiger partial charge in [-0.3, -0.25) is 19.2 Å². The molecule has 4 aliphatic heterocycles. The summed E-state index contributed by atoms with van der Waals surface area (Å²) in [5.74, 6) is -4.97. The van der Waals surface area contributed by atoms with Gasteiger partial charge in [0.1, 0.15) is 29.0 Å². The van der Waals surface area contributed by atoms with Crippen molar-refractivity contribution in [2.45, 2.75) is 70.7 Å². The molecule has 4 aliphatic rings. The molecular weight excluding hydrogens is 470 g/mol. The lowest BCUT2D eigenvalue weighted by Gasteiger charge is -2.56. The summed E-state index contributed by atoms with van der Waals surface area (Å²) in [7, 11) is 1.30. The van der Waals surface area contributed by atoms with Crippen molar-refractivity contribution in [3.8, 4) is 0 Å². The van der Waals surface area contributed by atoms with Crippen LogP contribution < -0.4 is 5.32 Å². The molecule has 1 spiro atoms. The van der Waals surface area contributed by atoms with Crippen LogP contribution in [0.5, 0.6) is 0 Å². The van der Waals surface area contributed by atoms with E-state index in [0.29, 0.717) is 0 Å². The summed E-state index contributed by atoms with van der Waals surface area (Å²) >= 11 is 0. The van der Waals surface area contributed by atoms with Crippen LogP contribution in [0.3, 0.4) is 0 Å². The highest BCUT2D eigenvalue weighted by Gasteiger charge is 2.74. The van der Waals surface area contributed by atoms with E-state index in [-0.39, 0.29) is 36.2 Å². The maximum absolute atomic E-state index is 13.1. The van der Waals surface area contributed by atoms with Gasteiger partial charge in [-0.2, -0.15) is 0 Å². The van der Waals surface area contributed by atoms with E-state index in [1.807, 2.05) is 19.9 Å². The van der Waals surface area contributed by atoms with Gasteiger partial charge in [0.2, 0.25) is 5.79 Å². The van der Waals surface area contributed by atoms with Crippen molar-refractivity contribution in [2.75, 3.05) is 13.7 Å². The molecule has 8 atom stereocenters. The van der Waals surface area contributed by atoms with Crippen LogP contribution in [0, 0.1) is 17.8 Å². The summed E-state index contributed by atoms with van der Waals surface area (Å²) < 4.78 is 24.0. The molecule has 36 heavy (non-hydrogen) atoms. The quantitative estimate of drug-likeness (QED) is 0.189. The van der Waals surface area contributed by atoms with E-state index < -0.39 is 59.0 Å². The van der Waals surface area contributed by atoms with Gasteiger partial charge in [-0.25, -0.2) is 0 Å². The summed E-state index contributed by atoms with van der Waals surface area (Å²) in [6, 6.07) is 0. The molecule has 4 saturated heterocycles. The first kappa shape index (κ1) is 26.2. The Morgan fingerprint density at radius 3 is 2.50 bits per heavy atom. The zero-order valence-corrected chi connectivity index (χ0v) is 21.3. The Hall–Kier alpha value is -2.82. The second-order valence-corrected chi connectivity index (χ2v) is 10.3. The third-order valence-corrected chi connectivity index (χ3v) is 7.67. The summed E-state index contributed by atoms with van der Waals surface area (Å²) in [6.45, 7) is 8.96. The number of nitrogens with one attached hydrogen (secondary N) is 1. The van der Waals surface area contributed by atoms with Gasteiger partial charge in [0.25, 0.3) is 5.91 Å². The Kier molecular flexibility index (Phi) is 6.74. The molecule has 2 unspecified atom stereocenters. The number of carbonyl (C=O) groups excluding carboxylic acids is 4. The molecule has 2 N–H and O–H groups in total. The number of carbonyl (C=O) groups is 4. The first-order valence-corrected chi connectivity index (χ1v) is 12.1. The predicted molar refractivity (Wildman–Crippen MR) is 125 cm³/mol. The number of allylic oxidation sites excluding steroid dienone is 3. The molecule has 10 heteroatoms. The maximum atomic E-state index is 13.1. The highest BCUT2D eigenvalue weighted by molar-refractivity contribution is 6.25. The molecule has 1 amide bonds. The molecule has 0 aromatic heterocycles. The van der Waals surface area contributed by atoms with Gasteiger partial charge >= 0.3 is 5.97 Å². The molecule has 0 aromatic rings. The molecular formula is C26H33NO9. The largest absolute Gasteiger partial charge is 0.507 e. The van der Waals surface area contributed by atoms with Crippen molar-refractivity contribution in [3.63, 3.8) is 0 Å². The molecule has 0 radical (unpaired) electrons. The van der Waals surface area contributed by atoms with Crippen molar-refractivity contribution < 1.29 is 43.2 Å². The molecule has 2 bridgehead atoms. The number of ether oxygens (including phenoxy) is 4. The van der Waals surface area contributed by atoms with Crippen LogP contribution in [0.15, 0.2) is 35.1 Å². The third-order valence-electron chi connectivity index (χ3n) is 7.67. The van der Waals surface area contributed by atoms with E-state index in [1.54, 1.807) is 26.8 Å². The molecule has 196 valence electrons. The van der Waals surface area contributed by atoms with E-state index in [2.05, 4.69) is 5.32 Å². The van der Waals surface area contributed by atoms with E-state index in [4.69, 9.17) is 18.9 Å². The second-order valence-electron chi connectivity index (χ2n) is 10.3. The standard InChI is InChI=1S/C26H33NO9/c1-12(7-8-16(28)19-18(30)11-27-23(19)31)9-13(2)21-14(3)22-17(29)10-25(5)26(35-21,36-22)20(15(4)34-25)24(32)33-6/h7-9,13-15,20-22,28H,10-11H2,1-6H3,(H,27,31)/b8-7+,12-9+,19-16?/t13-,14?,15-,20-,21-,22?,25+,26-/m1/s1. The fourth-order valence-corrected chi connectivity index (χ4v) is 6.00. The zero-order chi connectivity index (χ0) is 26.6. The average Bonchev–Trinajstić information content (AvgIpc) is 3.25. The Bertz CT molecular complexity index is 1070. The van der Waals surface area contributed by atoms with Crippen molar-refractivity contribution >= 4 is 23.4 Å². The first-order chi connectivity index (χ1) is 16.8. The smallest absolute Gasteiger partial charge is 0.316 e. The summed E-state index contributed by atoms with van der Waals surface area (Å²) in [4.78, 5) is 49.4. The van der Waals surface area contributed by atoms with Gasteiger partial charge in [-0.05, 0) is 26.8 Å². The first-order valence-electron chi connectivity index (χ1n) is 12.1. The fraction of sp³-hybridized carbons (Fsp3) is 0.615. The lowest BCUT2D eigenvalue weighted by molar-refractivity contribution is -0.387. The topological polar surface area (TPSA) is 137 Å². The minimum atomic E-state index is -1.47. The summed E-state index contributed by atoms with van der Waals surface area (Å²) in [5, 5.41) is 12.6. The number of methoxy groups -OCH3 is 1. The number of Topliss-reactive ketones (excluding diaryl/α,β-unsaturated/α-hetero) is 2. The number of ketones is 2. The van der Waals surface area contributed by atoms with Gasteiger partial charge in [0.15, 0.2) is 11.6 Å². The molecule has 4 heterocycles. The van der Waals surface area contributed by atoms with Crippen LogP contribution >= 0.6 is 0 Å².